The van der Waals surface area contributed by atoms with Gasteiger partial charge < -0.3 is 15.5 Å². The second-order valence-electron chi connectivity index (χ2n) is 7.48. The third kappa shape index (κ3) is 7.68. The Bertz CT molecular complexity index is 1110. The quantitative estimate of drug-likeness (QED) is 0.319. The molecule has 2 amide bonds. The number of amides is 2. The zero-order valence-electron chi connectivity index (χ0n) is 17.7. The maximum atomic E-state index is 13.1. The van der Waals surface area contributed by atoms with E-state index >= 15 is 0 Å². The number of nitrogens with zero attached hydrogens (tertiary/aromatic N) is 1. The van der Waals surface area contributed by atoms with Crippen LogP contribution in [0.1, 0.15) is 17.5 Å². The van der Waals surface area contributed by atoms with Crippen LogP contribution in [0.15, 0.2) is 71.2 Å². The Hall–Kier alpha value is -2.71. The largest absolute Gasteiger partial charge is 0.390 e. The molecule has 0 saturated carbocycles. The zero-order valence-corrected chi connectivity index (χ0v) is 20.1. The normalized spacial score (nSPS) is 11.2. The highest BCUT2D eigenvalue weighted by atomic mass is 79.9. The summed E-state index contributed by atoms with van der Waals surface area (Å²) in [5.41, 5.74) is 3.14. The molecule has 0 aromatic heterocycles. The summed E-state index contributed by atoms with van der Waals surface area (Å²) in [6.07, 6.45) is -5.34. The number of carbonyl (C=O) groups excluding carboxylic acids is 1. The van der Waals surface area contributed by atoms with Crippen LogP contribution in [0.5, 0.6) is 0 Å². The van der Waals surface area contributed by atoms with Gasteiger partial charge in [0.05, 0.1) is 17.8 Å². The fourth-order valence-electron chi connectivity index (χ4n) is 3.18. The van der Waals surface area contributed by atoms with E-state index in [-0.39, 0.29) is 13.1 Å². The lowest BCUT2D eigenvalue weighted by Gasteiger charge is -2.28. The van der Waals surface area contributed by atoms with E-state index in [1.54, 1.807) is 59.5 Å². The van der Waals surface area contributed by atoms with Crippen LogP contribution in [0.25, 0.3) is 0 Å². The molecular weight excluding hydrogens is 519 g/mol. The number of urea groups is 1. The second kappa shape index (κ2) is 10.9. The Morgan fingerprint density at radius 1 is 1.03 bits per heavy atom. The smallest absolute Gasteiger partial charge is 0.365 e. The van der Waals surface area contributed by atoms with Crippen LogP contribution in [-0.4, -0.2) is 18.8 Å². The van der Waals surface area contributed by atoms with Gasteiger partial charge in [0, 0.05) is 28.3 Å². The second-order valence-corrected chi connectivity index (χ2v) is 8.81. The minimum absolute atomic E-state index is 0.144. The molecule has 4 nitrogen and oxygen atoms in total. The summed E-state index contributed by atoms with van der Waals surface area (Å²) >= 11 is 9.63. The molecule has 3 aromatic rings. The molecule has 0 aliphatic rings. The Labute approximate surface area is 203 Å². The Kier molecular flexibility index (Phi) is 8.26. The van der Waals surface area contributed by atoms with E-state index in [1.807, 2.05) is 19.1 Å². The van der Waals surface area contributed by atoms with E-state index in [2.05, 4.69) is 26.6 Å². The van der Waals surface area contributed by atoms with Crippen LogP contribution in [0, 0.1) is 6.92 Å². The maximum absolute atomic E-state index is 13.1. The number of rotatable bonds is 7. The topological polar surface area (TPSA) is 44.4 Å². The highest BCUT2D eigenvalue weighted by Gasteiger charge is 2.28. The molecule has 3 rings (SSSR count). The van der Waals surface area contributed by atoms with Crippen molar-refractivity contribution in [1.82, 2.24) is 0 Å². The van der Waals surface area contributed by atoms with Gasteiger partial charge in [-0.25, -0.2) is 4.79 Å². The lowest BCUT2D eigenvalue weighted by Crippen LogP contribution is -2.29. The first-order chi connectivity index (χ1) is 15.6. The first-order valence-electron chi connectivity index (χ1n) is 10.1. The molecular formula is C24H22BrClF3N3O. The van der Waals surface area contributed by atoms with Crippen LogP contribution in [-0.2, 0) is 6.54 Å². The molecule has 0 spiro atoms. The first kappa shape index (κ1) is 24.9. The van der Waals surface area contributed by atoms with Crippen molar-refractivity contribution in [3.8, 4) is 0 Å². The molecule has 0 unspecified atom stereocenters. The van der Waals surface area contributed by atoms with Crippen molar-refractivity contribution < 1.29 is 18.0 Å². The Morgan fingerprint density at radius 2 is 1.73 bits per heavy atom. The summed E-state index contributed by atoms with van der Waals surface area (Å²) in [4.78, 5) is 14.2. The van der Waals surface area contributed by atoms with Crippen LogP contribution in [0.3, 0.4) is 0 Å². The third-order valence-electron chi connectivity index (χ3n) is 4.84. The fourth-order valence-corrected chi connectivity index (χ4v) is 3.74. The van der Waals surface area contributed by atoms with Crippen molar-refractivity contribution in [2.45, 2.75) is 26.1 Å². The van der Waals surface area contributed by atoms with E-state index in [4.69, 9.17) is 11.6 Å². The van der Waals surface area contributed by atoms with Gasteiger partial charge in [-0.3, -0.25) is 0 Å². The molecule has 9 heteroatoms. The molecule has 33 heavy (non-hydrogen) atoms. The van der Waals surface area contributed by atoms with Crippen LogP contribution < -0.4 is 15.5 Å². The van der Waals surface area contributed by atoms with Crippen molar-refractivity contribution in [2.24, 2.45) is 0 Å². The van der Waals surface area contributed by atoms with Gasteiger partial charge in [-0.1, -0.05) is 63.4 Å². The van der Waals surface area contributed by atoms with Gasteiger partial charge in [0.2, 0.25) is 0 Å². The molecule has 0 atom stereocenters. The maximum Gasteiger partial charge on any atom is 0.390 e. The zero-order chi connectivity index (χ0) is 24.0. The highest BCUT2D eigenvalue weighted by Crippen LogP contribution is 2.33. The molecule has 174 valence electrons. The van der Waals surface area contributed by atoms with E-state index in [9.17, 15) is 18.0 Å². The molecule has 0 radical (unpaired) electrons. The van der Waals surface area contributed by atoms with Gasteiger partial charge in [0.15, 0.2) is 0 Å². The summed E-state index contributed by atoms with van der Waals surface area (Å²) in [5.74, 6) is 0. The predicted molar refractivity (Wildman–Crippen MR) is 131 cm³/mol. The van der Waals surface area contributed by atoms with Gasteiger partial charge in [0.1, 0.15) is 0 Å². The summed E-state index contributed by atoms with van der Waals surface area (Å²) < 4.78 is 39.8. The SMILES string of the molecule is Cc1ccc(NC(=O)Nc2cc(Br)ccc2N(CCC(F)(F)F)Cc2ccccc2Cl)cc1. The monoisotopic (exact) mass is 539 g/mol. The average Bonchev–Trinajstić information content (AvgIpc) is 2.74. The molecule has 0 saturated heterocycles. The number of hydrogen-bond donors (Lipinski definition) is 2. The van der Waals surface area contributed by atoms with Crippen molar-refractivity contribution >= 4 is 50.6 Å². The lowest BCUT2D eigenvalue weighted by atomic mass is 10.1. The summed E-state index contributed by atoms with van der Waals surface area (Å²) in [5, 5.41) is 5.95. The number of anilines is 3. The lowest BCUT2D eigenvalue weighted by molar-refractivity contribution is -0.132. The highest BCUT2D eigenvalue weighted by molar-refractivity contribution is 9.10. The van der Waals surface area contributed by atoms with Crippen LogP contribution in [0.2, 0.25) is 5.02 Å². The van der Waals surface area contributed by atoms with Gasteiger partial charge in [-0.15, -0.1) is 0 Å². The predicted octanol–water partition coefficient (Wildman–Crippen LogP) is 8.01. The average molecular weight is 541 g/mol. The molecule has 0 heterocycles. The van der Waals surface area contributed by atoms with Crippen LogP contribution in [0.4, 0.5) is 35.0 Å². The summed E-state index contributed by atoms with van der Waals surface area (Å²) in [6, 6.07) is 18.8. The number of benzene rings is 3. The standard InChI is InChI=1S/C24H22BrClF3N3O/c1-16-6-9-19(10-7-16)30-23(33)31-21-14-18(25)8-11-22(21)32(13-12-24(27,28)29)15-17-4-2-3-5-20(17)26/h2-11,14H,12-13,15H2,1H3,(H2,30,31,33). The summed E-state index contributed by atoms with van der Waals surface area (Å²) in [7, 11) is 0. The Balaban J connectivity index is 1.88. The first-order valence-corrected chi connectivity index (χ1v) is 11.3. The molecule has 0 bridgehead atoms. The van der Waals surface area contributed by atoms with E-state index in [0.29, 0.717) is 32.1 Å². The Morgan fingerprint density at radius 3 is 2.39 bits per heavy atom. The van der Waals surface area contributed by atoms with Crippen molar-refractivity contribution in [1.29, 1.82) is 0 Å². The van der Waals surface area contributed by atoms with E-state index in [0.717, 1.165) is 5.56 Å². The van der Waals surface area contributed by atoms with Gasteiger partial charge in [-0.2, -0.15) is 13.2 Å². The van der Waals surface area contributed by atoms with Gasteiger partial charge in [0.25, 0.3) is 0 Å². The fraction of sp³-hybridized carbons (Fsp3) is 0.208. The molecule has 2 N–H and O–H groups in total. The number of halogens is 5. The van der Waals surface area contributed by atoms with Crippen molar-refractivity contribution in [2.75, 3.05) is 22.1 Å². The molecule has 3 aromatic carbocycles. The number of carbonyl (C=O) groups is 1. The van der Waals surface area contributed by atoms with Crippen molar-refractivity contribution in [3.63, 3.8) is 0 Å². The minimum Gasteiger partial charge on any atom is -0.365 e. The van der Waals surface area contributed by atoms with E-state index < -0.39 is 18.6 Å². The van der Waals surface area contributed by atoms with Gasteiger partial charge in [-0.05, 0) is 48.9 Å². The minimum atomic E-state index is -4.33. The number of alkyl halides is 3. The molecule has 0 aliphatic carbocycles. The summed E-state index contributed by atoms with van der Waals surface area (Å²) in [6.45, 7) is 1.78. The third-order valence-corrected chi connectivity index (χ3v) is 5.70. The molecule has 0 aliphatic heterocycles. The molecule has 0 fully saturated rings. The number of aryl methyl sites for hydroxylation is 1. The van der Waals surface area contributed by atoms with Crippen LogP contribution >= 0.6 is 27.5 Å². The van der Waals surface area contributed by atoms with Gasteiger partial charge >= 0.3 is 12.2 Å². The van der Waals surface area contributed by atoms with Crippen molar-refractivity contribution in [3.05, 3.63) is 87.4 Å². The number of nitrogens with one attached hydrogen (secondary N) is 2. The van der Waals surface area contributed by atoms with E-state index in [1.165, 1.54) is 0 Å². The number of hydrogen-bond acceptors (Lipinski definition) is 2.